The summed E-state index contributed by atoms with van der Waals surface area (Å²) >= 11 is 10.1. The molecular weight excluding hydrogens is 216 g/mol. The van der Waals surface area contributed by atoms with E-state index in [1.165, 1.54) is 0 Å². The van der Waals surface area contributed by atoms with Crippen molar-refractivity contribution in [1.82, 2.24) is 9.78 Å². The van der Waals surface area contributed by atoms with Crippen LogP contribution in [0.1, 0.15) is 25.5 Å². The fourth-order valence-corrected chi connectivity index (χ4v) is 1.94. The molecule has 2 nitrogen and oxygen atoms in total. The van der Waals surface area contributed by atoms with E-state index >= 15 is 0 Å². The maximum Gasteiger partial charge on any atom is 0.0814 e. The van der Waals surface area contributed by atoms with Crippen LogP contribution in [0, 0.1) is 12.8 Å². The van der Waals surface area contributed by atoms with E-state index in [-0.39, 0.29) is 0 Å². The molecule has 0 N–H and O–H groups in total. The number of hydrogen-bond donors (Lipinski definition) is 1. The SMILES string of the molecule is Cc1c(Cl)cnn1CCC(C)CCS. The second-order valence-corrected chi connectivity index (χ2v) is 4.56. The fourth-order valence-electron chi connectivity index (χ4n) is 1.36. The van der Waals surface area contributed by atoms with Crippen LogP contribution in [-0.2, 0) is 6.54 Å². The van der Waals surface area contributed by atoms with Crippen molar-refractivity contribution < 1.29 is 0 Å². The van der Waals surface area contributed by atoms with E-state index in [9.17, 15) is 0 Å². The van der Waals surface area contributed by atoms with Gasteiger partial charge in [0.2, 0.25) is 0 Å². The van der Waals surface area contributed by atoms with Gasteiger partial charge in [-0.25, -0.2) is 0 Å². The van der Waals surface area contributed by atoms with Gasteiger partial charge < -0.3 is 0 Å². The highest BCUT2D eigenvalue weighted by atomic mass is 35.5. The third kappa shape index (κ3) is 3.21. The maximum atomic E-state index is 5.91. The second-order valence-electron chi connectivity index (χ2n) is 3.71. The van der Waals surface area contributed by atoms with E-state index < -0.39 is 0 Å². The summed E-state index contributed by atoms with van der Waals surface area (Å²) in [5.41, 5.74) is 1.06. The third-order valence-electron chi connectivity index (χ3n) is 2.50. The van der Waals surface area contributed by atoms with E-state index in [0.717, 1.165) is 35.9 Å². The largest absolute Gasteiger partial charge is 0.268 e. The molecule has 0 fully saturated rings. The topological polar surface area (TPSA) is 17.8 Å². The molecule has 4 heteroatoms. The molecule has 0 spiro atoms. The van der Waals surface area contributed by atoms with Crippen molar-refractivity contribution in [2.45, 2.75) is 33.2 Å². The Labute approximate surface area is 96.1 Å². The quantitative estimate of drug-likeness (QED) is 0.772. The molecule has 1 aromatic heterocycles. The average Bonchev–Trinajstić information content (AvgIpc) is 2.46. The smallest absolute Gasteiger partial charge is 0.0814 e. The minimum Gasteiger partial charge on any atom is -0.268 e. The van der Waals surface area contributed by atoms with Gasteiger partial charge in [0.15, 0.2) is 0 Å². The number of rotatable bonds is 5. The first-order chi connectivity index (χ1) is 6.65. The molecule has 0 aliphatic heterocycles. The summed E-state index contributed by atoms with van der Waals surface area (Å²) in [6.07, 6.45) is 4.01. The minimum atomic E-state index is 0.704. The predicted octanol–water partition coefficient (Wildman–Crippen LogP) is 3.19. The monoisotopic (exact) mass is 232 g/mol. The van der Waals surface area contributed by atoms with Crippen LogP contribution in [0.5, 0.6) is 0 Å². The van der Waals surface area contributed by atoms with E-state index in [0.29, 0.717) is 5.92 Å². The highest BCUT2D eigenvalue weighted by Crippen LogP contribution is 2.15. The molecule has 0 amide bonds. The number of halogens is 1. The Bertz CT molecular complexity index is 286. The van der Waals surface area contributed by atoms with E-state index in [4.69, 9.17) is 11.6 Å². The lowest BCUT2D eigenvalue weighted by atomic mass is 10.1. The summed E-state index contributed by atoms with van der Waals surface area (Å²) in [7, 11) is 0. The standard InChI is InChI=1S/C10H17ClN2S/c1-8(4-6-14)3-5-13-9(2)10(11)7-12-13/h7-8,14H,3-6H2,1-2H3. The molecule has 0 saturated heterocycles. The first-order valence-electron chi connectivity index (χ1n) is 4.94. The van der Waals surface area contributed by atoms with Gasteiger partial charge in [0.1, 0.15) is 0 Å². The van der Waals surface area contributed by atoms with Crippen molar-refractivity contribution in [3.8, 4) is 0 Å². The van der Waals surface area contributed by atoms with Crippen molar-refractivity contribution in [2.24, 2.45) is 5.92 Å². The lowest BCUT2D eigenvalue weighted by Crippen LogP contribution is -2.07. The molecule has 1 aromatic rings. The molecule has 0 aromatic carbocycles. The Morgan fingerprint density at radius 2 is 2.29 bits per heavy atom. The second kappa shape index (κ2) is 5.66. The molecule has 1 heterocycles. The van der Waals surface area contributed by atoms with Gasteiger partial charge in [-0.05, 0) is 31.4 Å². The van der Waals surface area contributed by atoms with Gasteiger partial charge >= 0.3 is 0 Å². The molecule has 0 saturated carbocycles. The van der Waals surface area contributed by atoms with E-state index in [1.54, 1.807) is 6.20 Å². The van der Waals surface area contributed by atoms with Crippen LogP contribution in [0.25, 0.3) is 0 Å². The van der Waals surface area contributed by atoms with Crippen LogP contribution in [-0.4, -0.2) is 15.5 Å². The predicted molar refractivity (Wildman–Crippen MR) is 64.2 cm³/mol. The Kier molecular flexibility index (Phi) is 4.82. The molecule has 1 rings (SSSR count). The summed E-state index contributed by atoms with van der Waals surface area (Å²) in [5.74, 6) is 1.66. The summed E-state index contributed by atoms with van der Waals surface area (Å²) in [4.78, 5) is 0. The first-order valence-corrected chi connectivity index (χ1v) is 5.95. The minimum absolute atomic E-state index is 0.704. The van der Waals surface area contributed by atoms with Crippen molar-refractivity contribution in [3.63, 3.8) is 0 Å². The van der Waals surface area contributed by atoms with Crippen molar-refractivity contribution in [2.75, 3.05) is 5.75 Å². The number of thiol groups is 1. The molecule has 0 radical (unpaired) electrons. The van der Waals surface area contributed by atoms with Crippen LogP contribution in [0.3, 0.4) is 0 Å². The first kappa shape index (κ1) is 11.9. The number of nitrogens with zero attached hydrogens (tertiary/aromatic N) is 2. The Morgan fingerprint density at radius 1 is 1.57 bits per heavy atom. The van der Waals surface area contributed by atoms with Gasteiger partial charge in [-0.1, -0.05) is 18.5 Å². The number of aryl methyl sites for hydroxylation is 1. The van der Waals surface area contributed by atoms with Crippen molar-refractivity contribution in [3.05, 3.63) is 16.9 Å². The maximum absolute atomic E-state index is 5.91. The summed E-state index contributed by atoms with van der Waals surface area (Å²) < 4.78 is 1.97. The van der Waals surface area contributed by atoms with Gasteiger partial charge in [0.05, 0.1) is 16.9 Å². The fraction of sp³-hybridized carbons (Fsp3) is 0.700. The van der Waals surface area contributed by atoms with Gasteiger partial charge in [-0.3, -0.25) is 4.68 Å². The zero-order valence-electron chi connectivity index (χ0n) is 8.70. The zero-order valence-corrected chi connectivity index (χ0v) is 10.4. The number of aromatic nitrogens is 2. The highest BCUT2D eigenvalue weighted by Gasteiger charge is 2.06. The Hall–Kier alpha value is -0.150. The van der Waals surface area contributed by atoms with E-state index in [2.05, 4.69) is 24.7 Å². The Morgan fingerprint density at radius 3 is 2.79 bits per heavy atom. The van der Waals surface area contributed by atoms with Crippen molar-refractivity contribution >= 4 is 24.2 Å². The van der Waals surface area contributed by atoms with Crippen LogP contribution in [0.2, 0.25) is 5.02 Å². The lowest BCUT2D eigenvalue weighted by Gasteiger charge is -2.10. The molecule has 0 aliphatic rings. The zero-order chi connectivity index (χ0) is 10.6. The third-order valence-corrected chi connectivity index (χ3v) is 3.13. The lowest BCUT2D eigenvalue weighted by molar-refractivity contribution is 0.446. The normalized spacial score (nSPS) is 13.1. The van der Waals surface area contributed by atoms with Gasteiger partial charge in [0, 0.05) is 6.54 Å². The van der Waals surface area contributed by atoms with Gasteiger partial charge in [-0.2, -0.15) is 17.7 Å². The molecule has 0 aliphatic carbocycles. The molecule has 1 unspecified atom stereocenters. The van der Waals surface area contributed by atoms with Crippen LogP contribution < -0.4 is 0 Å². The van der Waals surface area contributed by atoms with Crippen LogP contribution in [0.4, 0.5) is 0 Å². The van der Waals surface area contributed by atoms with Crippen LogP contribution >= 0.6 is 24.2 Å². The molecule has 14 heavy (non-hydrogen) atoms. The molecule has 80 valence electrons. The highest BCUT2D eigenvalue weighted by molar-refractivity contribution is 7.80. The van der Waals surface area contributed by atoms with E-state index in [1.807, 2.05) is 11.6 Å². The van der Waals surface area contributed by atoms with Crippen molar-refractivity contribution in [1.29, 1.82) is 0 Å². The molecular formula is C10H17ClN2S. The number of hydrogen-bond acceptors (Lipinski definition) is 2. The molecule has 1 atom stereocenters. The summed E-state index contributed by atoms with van der Waals surface area (Å²) in [6, 6.07) is 0. The van der Waals surface area contributed by atoms with Crippen LogP contribution in [0.15, 0.2) is 6.20 Å². The Balaban J connectivity index is 2.41. The van der Waals surface area contributed by atoms with Gasteiger partial charge in [0.25, 0.3) is 0 Å². The summed E-state index contributed by atoms with van der Waals surface area (Å²) in [6.45, 7) is 5.20. The average molecular weight is 233 g/mol. The summed E-state index contributed by atoms with van der Waals surface area (Å²) in [5, 5.41) is 4.97. The molecule has 0 bridgehead atoms. The van der Waals surface area contributed by atoms with Gasteiger partial charge in [-0.15, -0.1) is 0 Å².